The van der Waals surface area contributed by atoms with Crippen molar-refractivity contribution in [3.8, 4) is 0 Å². The molecular formula is C16H15ClF3N5O3S. The van der Waals surface area contributed by atoms with Gasteiger partial charge >= 0.3 is 6.18 Å². The molecule has 2 aromatic heterocycles. The van der Waals surface area contributed by atoms with E-state index in [1.165, 1.54) is 16.8 Å². The summed E-state index contributed by atoms with van der Waals surface area (Å²) in [5, 5.41) is 10.4. The van der Waals surface area contributed by atoms with E-state index < -0.39 is 21.9 Å². The number of benzene rings is 1. The van der Waals surface area contributed by atoms with Crippen LogP contribution in [0.1, 0.15) is 36.6 Å². The van der Waals surface area contributed by atoms with Crippen molar-refractivity contribution in [2.24, 2.45) is 0 Å². The topological polar surface area (TPSA) is 103 Å². The standard InChI is InChI=1S/C16H15ClF3N5O3S/c17-12-14(9-5-6-9)25(22-15(12)16(18,19)20)8-2-7-21-29(26,27)11-4-1-3-10-13(11)24-28-23-10/h1,3-4,9,21H,2,5-8H2. The number of nitrogens with zero attached hydrogens (tertiary/aromatic N) is 4. The summed E-state index contributed by atoms with van der Waals surface area (Å²) < 4.78 is 72.5. The van der Waals surface area contributed by atoms with Crippen LogP contribution in [0.5, 0.6) is 0 Å². The zero-order chi connectivity index (χ0) is 20.8. The van der Waals surface area contributed by atoms with Crippen LogP contribution in [0, 0.1) is 0 Å². The maximum absolute atomic E-state index is 13.1. The van der Waals surface area contributed by atoms with Crippen LogP contribution < -0.4 is 4.72 Å². The Balaban J connectivity index is 1.45. The number of halogens is 4. The number of aromatic nitrogens is 4. The molecule has 2 heterocycles. The first-order chi connectivity index (χ1) is 13.7. The molecule has 156 valence electrons. The Morgan fingerprint density at radius 1 is 1.28 bits per heavy atom. The van der Waals surface area contributed by atoms with E-state index in [0.29, 0.717) is 11.2 Å². The highest BCUT2D eigenvalue weighted by Crippen LogP contribution is 2.46. The summed E-state index contributed by atoms with van der Waals surface area (Å²) in [5.41, 5.74) is -0.343. The highest BCUT2D eigenvalue weighted by Gasteiger charge is 2.41. The Hall–Kier alpha value is -2.18. The molecule has 13 heteroatoms. The Labute approximate surface area is 168 Å². The second kappa shape index (κ2) is 7.26. The smallest absolute Gasteiger partial charge is 0.267 e. The summed E-state index contributed by atoms with van der Waals surface area (Å²) >= 11 is 5.92. The second-order valence-electron chi connectivity index (χ2n) is 6.68. The van der Waals surface area contributed by atoms with Crippen LogP contribution in [-0.2, 0) is 22.7 Å². The lowest BCUT2D eigenvalue weighted by molar-refractivity contribution is -0.141. The lowest BCUT2D eigenvalue weighted by Gasteiger charge is -2.09. The van der Waals surface area contributed by atoms with Gasteiger partial charge in [0.1, 0.15) is 10.4 Å². The van der Waals surface area contributed by atoms with Crippen LogP contribution in [-0.4, -0.2) is 35.1 Å². The van der Waals surface area contributed by atoms with Gasteiger partial charge in [0, 0.05) is 19.0 Å². The molecule has 0 aliphatic heterocycles. The maximum atomic E-state index is 13.1. The minimum Gasteiger partial charge on any atom is -0.267 e. The molecule has 1 aromatic carbocycles. The zero-order valence-electron chi connectivity index (χ0n) is 14.8. The number of nitrogens with one attached hydrogen (secondary N) is 1. The lowest BCUT2D eigenvalue weighted by Crippen LogP contribution is -2.26. The van der Waals surface area contributed by atoms with Crippen molar-refractivity contribution in [2.45, 2.75) is 42.8 Å². The number of hydrogen-bond acceptors (Lipinski definition) is 6. The molecule has 1 saturated carbocycles. The van der Waals surface area contributed by atoms with Crippen LogP contribution in [0.3, 0.4) is 0 Å². The molecule has 0 amide bonds. The normalized spacial score (nSPS) is 15.3. The molecule has 3 aromatic rings. The fraction of sp³-hybridized carbons (Fsp3) is 0.438. The van der Waals surface area contributed by atoms with E-state index >= 15 is 0 Å². The molecule has 1 aliphatic rings. The number of fused-ring (bicyclic) bond motifs is 1. The largest absolute Gasteiger partial charge is 0.436 e. The summed E-state index contributed by atoms with van der Waals surface area (Å²) in [7, 11) is -3.90. The van der Waals surface area contributed by atoms with Crippen LogP contribution in [0.2, 0.25) is 5.02 Å². The van der Waals surface area contributed by atoms with Gasteiger partial charge in [-0.25, -0.2) is 17.8 Å². The van der Waals surface area contributed by atoms with Gasteiger partial charge in [-0.2, -0.15) is 18.3 Å². The van der Waals surface area contributed by atoms with Gasteiger partial charge < -0.3 is 0 Å². The Bertz CT molecular complexity index is 1150. The Kier molecular flexibility index (Phi) is 5.03. The third kappa shape index (κ3) is 3.96. The van der Waals surface area contributed by atoms with E-state index in [1.807, 2.05) is 0 Å². The zero-order valence-corrected chi connectivity index (χ0v) is 16.4. The third-order valence-corrected chi connectivity index (χ3v) is 6.41. The van der Waals surface area contributed by atoms with Crippen molar-refractivity contribution in [1.29, 1.82) is 0 Å². The van der Waals surface area contributed by atoms with Gasteiger partial charge in [0.25, 0.3) is 0 Å². The van der Waals surface area contributed by atoms with E-state index in [-0.39, 0.29) is 40.9 Å². The lowest BCUT2D eigenvalue weighted by atomic mass is 10.2. The van der Waals surface area contributed by atoms with Gasteiger partial charge in [0.2, 0.25) is 10.0 Å². The summed E-state index contributed by atoms with van der Waals surface area (Å²) in [5.74, 6) is -0.0416. The Morgan fingerprint density at radius 2 is 2.03 bits per heavy atom. The van der Waals surface area contributed by atoms with Gasteiger partial charge in [-0.05, 0) is 41.7 Å². The van der Waals surface area contributed by atoms with Crippen LogP contribution >= 0.6 is 11.6 Å². The number of alkyl halides is 3. The van der Waals surface area contributed by atoms with Gasteiger partial charge in [0.15, 0.2) is 11.2 Å². The summed E-state index contributed by atoms with van der Waals surface area (Å²) in [6.07, 6.45) is -2.91. The summed E-state index contributed by atoms with van der Waals surface area (Å²) in [6, 6.07) is 4.43. The van der Waals surface area contributed by atoms with Crippen molar-refractivity contribution >= 4 is 32.7 Å². The van der Waals surface area contributed by atoms with E-state index in [1.54, 1.807) is 6.07 Å². The predicted octanol–water partition coefficient (Wildman–Crippen LogP) is 3.34. The molecular weight excluding hydrogens is 435 g/mol. The van der Waals surface area contributed by atoms with Crippen LogP contribution in [0.15, 0.2) is 27.7 Å². The van der Waals surface area contributed by atoms with Crippen molar-refractivity contribution in [3.05, 3.63) is 34.6 Å². The average Bonchev–Trinajstić information content (AvgIpc) is 3.24. The quantitative estimate of drug-likeness (QED) is 0.555. The Morgan fingerprint density at radius 3 is 2.72 bits per heavy atom. The first-order valence-electron chi connectivity index (χ1n) is 8.73. The summed E-state index contributed by atoms with van der Waals surface area (Å²) in [4.78, 5) is -0.0867. The first-order valence-corrected chi connectivity index (χ1v) is 10.6. The molecule has 29 heavy (non-hydrogen) atoms. The van der Waals surface area contributed by atoms with E-state index in [0.717, 1.165) is 12.8 Å². The van der Waals surface area contributed by atoms with Crippen molar-refractivity contribution in [2.75, 3.05) is 6.54 Å². The minimum atomic E-state index is -4.64. The number of sulfonamides is 1. The minimum absolute atomic E-state index is 0.00701. The molecule has 0 spiro atoms. The van der Waals surface area contributed by atoms with Crippen LogP contribution in [0.4, 0.5) is 13.2 Å². The van der Waals surface area contributed by atoms with Crippen molar-refractivity contribution in [1.82, 2.24) is 24.8 Å². The molecule has 1 aliphatic carbocycles. The molecule has 8 nitrogen and oxygen atoms in total. The van der Waals surface area contributed by atoms with E-state index in [2.05, 4.69) is 24.8 Å². The molecule has 0 bridgehead atoms. The molecule has 0 unspecified atom stereocenters. The number of rotatable bonds is 7. The van der Waals surface area contributed by atoms with Crippen molar-refractivity contribution in [3.63, 3.8) is 0 Å². The van der Waals surface area contributed by atoms with E-state index in [9.17, 15) is 21.6 Å². The molecule has 1 N–H and O–H groups in total. The molecule has 0 radical (unpaired) electrons. The third-order valence-electron chi connectivity index (χ3n) is 4.54. The van der Waals surface area contributed by atoms with Gasteiger partial charge in [-0.15, -0.1) is 0 Å². The number of aryl methyl sites for hydroxylation is 1. The first kappa shape index (κ1) is 20.1. The fourth-order valence-electron chi connectivity index (χ4n) is 3.06. The van der Waals surface area contributed by atoms with E-state index in [4.69, 9.17) is 11.6 Å². The highest BCUT2D eigenvalue weighted by molar-refractivity contribution is 7.89. The second-order valence-corrected chi connectivity index (χ2v) is 8.80. The van der Waals surface area contributed by atoms with Crippen molar-refractivity contribution < 1.29 is 26.2 Å². The molecule has 0 saturated heterocycles. The van der Waals surface area contributed by atoms with Crippen LogP contribution in [0.25, 0.3) is 11.0 Å². The summed E-state index contributed by atoms with van der Waals surface area (Å²) in [6.45, 7) is 0.0901. The molecule has 4 rings (SSSR count). The number of hydrogen-bond donors (Lipinski definition) is 1. The molecule has 0 atom stereocenters. The van der Waals surface area contributed by atoms with Gasteiger partial charge in [-0.3, -0.25) is 4.68 Å². The van der Waals surface area contributed by atoms with Gasteiger partial charge in [-0.1, -0.05) is 17.7 Å². The average molecular weight is 450 g/mol. The monoisotopic (exact) mass is 449 g/mol. The SMILES string of the molecule is O=S(=O)(NCCCn1nc(C(F)(F)F)c(Cl)c1C1CC1)c1cccc2nonc12. The maximum Gasteiger partial charge on any atom is 0.436 e. The fourth-order valence-corrected chi connectivity index (χ4v) is 4.68. The highest BCUT2D eigenvalue weighted by atomic mass is 35.5. The van der Waals surface area contributed by atoms with Gasteiger partial charge in [0.05, 0.1) is 10.7 Å². The predicted molar refractivity (Wildman–Crippen MR) is 95.8 cm³/mol. The molecule has 1 fully saturated rings.